The van der Waals surface area contributed by atoms with Crippen molar-refractivity contribution in [1.29, 1.82) is 0 Å². The number of amides is 1. The van der Waals surface area contributed by atoms with Crippen molar-refractivity contribution in [3.63, 3.8) is 0 Å². The first-order valence-electron chi connectivity index (χ1n) is 5.15. The number of carbonyl (C=O) groups excluding carboxylic acids is 1. The first-order chi connectivity index (χ1) is 8.68. The molecule has 0 aromatic carbocycles. The van der Waals surface area contributed by atoms with Crippen LogP contribution in [0, 0.1) is 11.8 Å². The van der Waals surface area contributed by atoms with Gasteiger partial charge in [0.1, 0.15) is 0 Å². The van der Waals surface area contributed by atoms with Crippen molar-refractivity contribution >= 4 is 5.91 Å². The average molecular weight is 249 g/mol. The van der Waals surface area contributed by atoms with Crippen LogP contribution in [-0.2, 0) is 6.54 Å². The Kier molecular flexibility index (Phi) is 3.57. The van der Waals surface area contributed by atoms with Crippen LogP contribution in [0.4, 0.5) is 8.78 Å². The minimum atomic E-state index is -1.29. The van der Waals surface area contributed by atoms with Gasteiger partial charge in [0, 0.05) is 25.1 Å². The topological polar surface area (TPSA) is 54.9 Å². The third-order valence-corrected chi connectivity index (χ3v) is 2.29. The van der Waals surface area contributed by atoms with Crippen LogP contribution >= 0.6 is 0 Å². The predicted octanol–water partition coefficient (Wildman–Crippen LogP) is 1.68. The van der Waals surface area contributed by atoms with Crippen molar-refractivity contribution < 1.29 is 13.6 Å². The Morgan fingerprint density at radius 1 is 1.17 bits per heavy atom. The smallest absolute Gasteiger partial charge is 0.254 e. The summed E-state index contributed by atoms with van der Waals surface area (Å²) in [4.78, 5) is 18.6. The van der Waals surface area contributed by atoms with Gasteiger partial charge in [-0.3, -0.25) is 9.78 Å². The lowest BCUT2D eigenvalue weighted by atomic mass is 10.2. The fraction of sp³-hybridized carbons (Fsp3) is 0.0833. The zero-order valence-electron chi connectivity index (χ0n) is 9.23. The molecule has 18 heavy (non-hydrogen) atoms. The van der Waals surface area contributed by atoms with Crippen LogP contribution in [0.2, 0.25) is 0 Å². The summed E-state index contributed by atoms with van der Waals surface area (Å²) >= 11 is 0. The highest BCUT2D eigenvalue weighted by molar-refractivity contribution is 5.94. The Labute approximate surface area is 102 Å². The maximum atomic E-state index is 13.3. The fourth-order valence-corrected chi connectivity index (χ4v) is 1.37. The summed E-state index contributed by atoms with van der Waals surface area (Å²) in [6, 6.07) is 4.55. The highest BCUT2D eigenvalue weighted by Crippen LogP contribution is 2.08. The summed E-state index contributed by atoms with van der Waals surface area (Å²) in [5, 5.41) is 2.48. The van der Waals surface area contributed by atoms with E-state index < -0.39 is 17.7 Å². The SMILES string of the molecule is O=C(NCc1ccncc1)c1ccnc(F)c1F. The molecule has 4 nitrogen and oxygen atoms in total. The van der Waals surface area contributed by atoms with Crippen LogP contribution in [0.25, 0.3) is 0 Å². The average Bonchev–Trinajstić information content (AvgIpc) is 2.40. The fourth-order valence-electron chi connectivity index (χ4n) is 1.37. The van der Waals surface area contributed by atoms with Gasteiger partial charge in [0.25, 0.3) is 5.91 Å². The van der Waals surface area contributed by atoms with Crippen molar-refractivity contribution in [2.24, 2.45) is 0 Å². The van der Waals surface area contributed by atoms with Crippen molar-refractivity contribution in [2.45, 2.75) is 6.54 Å². The molecule has 92 valence electrons. The van der Waals surface area contributed by atoms with Gasteiger partial charge >= 0.3 is 0 Å². The number of hydrogen-bond donors (Lipinski definition) is 1. The molecule has 0 aliphatic heterocycles. The summed E-state index contributed by atoms with van der Waals surface area (Å²) in [6.45, 7) is 0.213. The van der Waals surface area contributed by atoms with Gasteiger partial charge in [-0.25, -0.2) is 9.37 Å². The monoisotopic (exact) mass is 249 g/mol. The van der Waals surface area contributed by atoms with Gasteiger partial charge in [0.15, 0.2) is 5.82 Å². The molecule has 2 rings (SSSR count). The van der Waals surface area contributed by atoms with Gasteiger partial charge in [-0.2, -0.15) is 4.39 Å². The van der Waals surface area contributed by atoms with Gasteiger partial charge in [0.2, 0.25) is 5.95 Å². The summed E-state index contributed by atoms with van der Waals surface area (Å²) in [5.41, 5.74) is 0.449. The van der Waals surface area contributed by atoms with Crippen LogP contribution in [0.15, 0.2) is 36.8 Å². The molecular weight excluding hydrogens is 240 g/mol. The molecule has 1 amide bonds. The van der Waals surface area contributed by atoms with E-state index in [1.165, 1.54) is 0 Å². The number of halogens is 2. The molecule has 6 heteroatoms. The molecule has 0 bridgehead atoms. The molecule has 1 N–H and O–H groups in total. The molecule has 0 saturated heterocycles. The Bertz CT molecular complexity index is 561. The molecule has 0 atom stereocenters. The Balaban J connectivity index is 2.07. The number of nitrogens with one attached hydrogen (secondary N) is 1. The van der Waals surface area contributed by atoms with Crippen molar-refractivity contribution in [1.82, 2.24) is 15.3 Å². The van der Waals surface area contributed by atoms with Gasteiger partial charge in [-0.05, 0) is 23.8 Å². The van der Waals surface area contributed by atoms with Crippen LogP contribution in [0.5, 0.6) is 0 Å². The second-order valence-electron chi connectivity index (χ2n) is 3.50. The summed E-state index contributed by atoms with van der Waals surface area (Å²) in [7, 11) is 0. The Hall–Kier alpha value is -2.37. The molecule has 0 unspecified atom stereocenters. The number of carbonyl (C=O) groups is 1. The van der Waals surface area contributed by atoms with E-state index in [9.17, 15) is 13.6 Å². The highest BCUT2D eigenvalue weighted by Gasteiger charge is 2.15. The Morgan fingerprint density at radius 2 is 1.89 bits per heavy atom. The normalized spacial score (nSPS) is 10.1. The first-order valence-corrected chi connectivity index (χ1v) is 5.15. The van der Waals surface area contributed by atoms with Gasteiger partial charge in [-0.1, -0.05) is 0 Å². The zero-order chi connectivity index (χ0) is 13.0. The van der Waals surface area contributed by atoms with Crippen LogP contribution in [-0.4, -0.2) is 15.9 Å². The number of nitrogens with zero attached hydrogens (tertiary/aromatic N) is 2. The summed E-state index contributed by atoms with van der Waals surface area (Å²) in [6.07, 6.45) is 4.20. The molecule has 0 radical (unpaired) electrons. The van der Waals surface area contributed by atoms with Crippen molar-refractivity contribution in [2.75, 3.05) is 0 Å². The number of pyridine rings is 2. The van der Waals surface area contributed by atoms with Crippen LogP contribution in [0.3, 0.4) is 0 Å². The van der Waals surface area contributed by atoms with E-state index in [2.05, 4.69) is 15.3 Å². The van der Waals surface area contributed by atoms with E-state index in [1.54, 1.807) is 24.5 Å². The van der Waals surface area contributed by atoms with E-state index >= 15 is 0 Å². The molecule has 0 aliphatic rings. The molecule has 0 aliphatic carbocycles. The third kappa shape index (κ3) is 2.65. The molecule has 2 aromatic heterocycles. The van der Waals surface area contributed by atoms with Crippen molar-refractivity contribution in [3.8, 4) is 0 Å². The lowest BCUT2D eigenvalue weighted by Gasteiger charge is -2.05. The van der Waals surface area contributed by atoms with Crippen LogP contribution in [0.1, 0.15) is 15.9 Å². The molecule has 0 fully saturated rings. The van der Waals surface area contributed by atoms with Crippen LogP contribution < -0.4 is 5.32 Å². The number of hydrogen-bond acceptors (Lipinski definition) is 3. The predicted molar refractivity (Wildman–Crippen MR) is 59.6 cm³/mol. The quantitative estimate of drug-likeness (QED) is 0.842. The van der Waals surface area contributed by atoms with Gasteiger partial charge in [0.05, 0.1) is 5.56 Å². The maximum absolute atomic E-state index is 13.3. The number of rotatable bonds is 3. The van der Waals surface area contributed by atoms with Gasteiger partial charge < -0.3 is 5.32 Å². The van der Waals surface area contributed by atoms with Crippen molar-refractivity contribution in [3.05, 3.63) is 59.7 Å². The molecule has 0 spiro atoms. The second kappa shape index (κ2) is 5.31. The largest absolute Gasteiger partial charge is 0.348 e. The third-order valence-electron chi connectivity index (χ3n) is 2.29. The molecular formula is C12H9F2N3O. The van der Waals surface area contributed by atoms with E-state index in [0.29, 0.717) is 0 Å². The minimum absolute atomic E-state index is 0.213. The molecule has 2 heterocycles. The first kappa shape index (κ1) is 12.1. The standard InChI is InChI=1S/C12H9F2N3O/c13-10-9(3-6-16-11(10)14)12(18)17-7-8-1-4-15-5-2-8/h1-6H,7H2,(H,17,18). The lowest BCUT2D eigenvalue weighted by Crippen LogP contribution is -2.24. The van der Waals surface area contributed by atoms with E-state index in [0.717, 1.165) is 17.8 Å². The maximum Gasteiger partial charge on any atom is 0.254 e. The van der Waals surface area contributed by atoms with E-state index in [-0.39, 0.29) is 12.1 Å². The number of aromatic nitrogens is 2. The summed E-state index contributed by atoms with van der Waals surface area (Å²) < 4.78 is 26.1. The zero-order valence-corrected chi connectivity index (χ0v) is 9.23. The molecule has 2 aromatic rings. The van der Waals surface area contributed by atoms with Gasteiger partial charge in [-0.15, -0.1) is 0 Å². The lowest BCUT2D eigenvalue weighted by molar-refractivity contribution is 0.0945. The Morgan fingerprint density at radius 3 is 2.61 bits per heavy atom. The van der Waals surface area contributed by atoms with E-state index in [1.807, 2.05) is 0 Å². The second-order valence-corrected chi connectivity index (χ2v) is 3.50. The highest BCUT2D eigenvalue weighted by atomic mass is 19.2. The van der Waals surface area contributed by atoms with E-state index in [4.69, 9.17) is 0 Å². The molecule has 0 saturated carbocycles. The summed E-state index contributed by atoms with van der Waals surface area (Å²) in [5.74, 6) is -3.22. The minimum Gasteiger partial charge on any atom is -0.348 e.